The van der Waals surface area contributed by atoms with E-state index in [9.17, 15) is 29.1 Å². The number of aliphatic carboxylic acids is 1. The van der Waals surface area contributed by atoms with Crippen LogP contribution in [0.1, 0.15) is 69.4 Å². The monoisotopic (exact) mass is 656 g/mol. The molecule has 1 heterocycles. The summed E-state index contributed by atoms with van der Waals surface area (Å²) in [5, 5.41) is 10.0. The molecule has 1 aromatic heterocycles. The van der Waals surface area contributed by atoms with Crippen molar-refractivity contribution in [3.05, 3.63) is 71.9 Å². The first kappa shape index (κ1) is 38.1. The molecule has 10 N–H and O–H groups in total. The van der Waals surface area contributed by atoms with E-state index in [-0.39, 0.29) is 31.7 Å². The molecule has 2 aromatic carbocycles. The van der Waals surface area contributed by atoms with Crippen LogP contribution in [0, 0.1) is 0 Å². The Morgan fingerprint density at radius 3 is 2.13 bits per heavy atom. The minimum atomic E-state index is -2.03. The summed E-state index contributed by atoms with van der Waals surface area (Å²) in [5.41, 5.74) is 26.2. The van der Waals surface area contributed by atoms with Crippen LogP contribution in [0.15, 0.2) is 60.8 Å². The molecule has 3 amide bonds. The van der Waals surface area contributed by atoms with Gasteiger partial charge in [0.1, 0.15) is 0 Å². The third kappa shape index (κ3) is 9.70. The topological polar surface area (TPSA) is 229 Å². The second-order valence-electron chi connectivity index (χ2n) is 11.5. The highest BCUT2D eigenvalue weighted by atomic mass is 35.5. The number of Topliss-reactive ketones (excluding diaryl/α,β-unsaturated/α-hetero) is 1. The number of H-pyrrole nitrogens is 1. The summed E-state index contributed by atoms with van der Waals surface area (Å²) in [6, 6.07) is 11.7. The molecule has 0 spiro atoms. The number of nitrogens with two attached hydrogens (primary N) is 4. The number of nitrogens with one attached hydrogen (secondary N) is 1. The normalized spacial score (nSPS) is 14.3. The third-order valence-corrected chi connectivity index (χ3v) is 8.07. The van der Waals surface area contributed by atoms with Crippen LogP contribution in [0.4, 0.5) is 0 Å². The number of carbonyl (C=O) groups excluding carboxylic acids is 4. The molecule has 0 radical (unpaired) electrons. The van der Waals surface area contributed by atoms with Crippen molar-refractivity contribution in [2.45, 2.75) is 88.4 Å². The maximum atomic E-state index is 13.7. The van der Waals surface area contributed by atoms with E-state index in [1.807, 2.05) is 54.6 Å². The lowest BCUT2D eigenvalue weighted by Gasteiger charge is -2.32. The van der Waals surface area contributed by atoms with Crippen LogP contribution >= 0.6 is 12.4 Å². The number of rotatable bonds is 18. The maximum Gasteiger partial charge on any atom is 0.305 e. The van der Waals surface area contributed by atoms with Crippen molar-refractivity contribution in [1.82, 2.24) is 9.88 Å². The highest BCUT2D eigenvalue weighted by Crippen LogP contribution is 2.31. The number of para-hydroxylation sites is 1. The summed E-state index contributed by atoms with van der Waals surface area (Å²) in [5.74, 6) is -5.76. The summed E-state index contributed by atoms with van der Waals surface area (Å²) in [6.45, 7) is 2.09. The van der Waals surface area contributed by atoms with Gasteiger partial charge in [-0.2, -0.15) is 0 Å². The molecule has 0 fully saturated rings. The Hall–Kier alpha value is -4.10. The molecule has 0 aliphatic rings. The van der Waals surface area contributed by atoms with Crippen LogP contribution in [-0.4, -0.2) is 62.6 Å². The Kier molecular flexibility index (Phi) is 14.5. The molecule has 0 saturated heterocycles. The highest BCUT2D eigenvalue weighted by Gasteiger charge is 2.42. The summed E-state index contributed by atoms with van der Waals surface area (Å²) in [4.78, 5) is 68.3. The standard InChI is InChI=1S/C33H44N6O6.ClH/c1-2-3-9-16-33(37,22-11-5-4-6-12-22)17-10-15-27(40)29(30(36)43)39(32(45)25(35)19-28(41)42)31(44)24(34)18-21-20-38-26-14-8-7-13-23(21)26;/h4-8,11-14,20,24-25,29,38H,2-3,9-10,15-19,34-35,37H2,1H3,(H2,36,43)(H,41,42);1H/t24-,25-,29-,33?;/m0./s1. The Balaban J connectivity index is 0.00000736. The lowest BCUT2D eigenvalue weighted by atomic mass is 9.81. The average Bonchev–Trinajstić information content (AvgIpc) is 3.41. The van der Waals surface area contributed by atoms with Crippen molar-refractivity contribution in [3.8, 4) is 0 Å². The summed E-state index contributed by atoms with van der Waals surface area (Å²) in [6.07, 6.45) is 4.73. The molecular formula is C33H45ClN6O6. The van der Waals surface area contributed by atoms with E-state index in [0.717, 1.165) is 35.7 Å². The number of halogens is 1. The van der Waals surface area contributed by atoms with Crippen LogP contribution in [0.5, 0.6) is 0 Å². The highest BCUT2D eigenvalue weighted by molar-refractivity contribution is 6.14. The molecule has 0 bridgehead atoms. The number of aromatic nitrogens is 1. The Morgan fingerprint density at radius 1 is 0.891 bits per heavy atom. The van der Waals surface area contributed by atoms with E-state index in [1.165, 1.54) is 0 Å². The summed E-state index contributed by atoms with van der Waals surface area (Å²) in [7, 11) is 0. The molecule has 1 unspecified atom stereocenters. The van der Waals surface area contributed by atoms with Gasteiger partial charge in [-0.1, -0.05) is 74.7 Å². The molecule has 12 nitrogen and oxygen atoms in total. The number of fused-ring (bicyclic) bond motifs is 1. The molecule has 0 saturated carbocycles. The van der Waals surface area contributed by atoms with Crippen LogP contribution in [0.3, 0.4) is 0 Å². The summed E-state index contributed by atoms with van der Waals surface area (Å²) < 4.78 is 0. The van der Waals surface area contributed by atoms with Gasteiger partial charge in [-0.3, -0.25) is 28.9 Å². The van der Waals surface area contributed by atoms with E-state index >= 15 is 0 Å². The van der Waals surface area contributed by atoms with Crippen molar-refractivity contribution in [2.24, 2.45) is 22.9 Å². The third-order valence-electron chi connectivity index (χ3n) is 8.07. The number of ketones is 1. The van der Waals surface area contributed by atoms with Gasteiger partial charge < -0.3 is 33.0 Å². The molecule has 0 aliphatic heterocycles. The zero-order chi connectivity index (χ0) is 33.1. The number of amides is 3. The van der Waals surface area contributed by atoms with E-state index in [4.69, 9.17) is 22.9 Å². The minimum Gasteiger partial charge on any atom is -0.481 e. The Bertz CT molecular complexity index is 1500. The van der Waals surface area contributed by atoms with Crippen LogP contribution in [-0.2, 0) is 35.9 Å². The molecule has 250 valence electrons. The molecule has 0 aliphatic carbocycles. The second kappa shape index (κ2) is 17.6. The van der Waals surface area contributed by atoms with Crippen molar-refractivity contribution in [1.29, 1.82) is 0 Å². The fourth-order valence-electron chi connectivity index (χ4n) is 5.64. The second-order valence-corrected chi connectivity index (χ2v) is 11.5. The number of carboxylic acids is 1. The van der Waals surface area contributed by atoms with Gasteiger partial charge in [-0.05, 0) is 42.9 Å². The number of imide groups is 1. The number of carbonyl (C=O) groups is 5. The molecular weight excluding hydrogens is 612 g/mol. The number of hydrogen-bond donors (Lipinski definition) is 6. The van der Waals surface area contributed by atoms with Crippen molar-refractivity contribution < 1.29 is 29.1 Å². The van der Waals surface area contributed by atoms with Crippen LogP contribution in [0.25, 0.3) is 10.9 Å². The molecule has 46 heavy (non-hydrogen) atoms. The van der Waals surface area contributed by atoms with Crippen LogP contribution in [0.2, 0.25) is 0 Å². The largest absolute Gasteiger partial charge is 0.481 e. The fourth-order valence-corrected chi connectivity index (χ4v) is 5.64. The van der Waals surface area contributed by atoms with Crippen molar-refractivity contribution in [2.75, 3.05) is 0 Å². The fraction of sp³-hybridized carbons (Fsp3) is 0.424. The van der Waals surface area contributed by atoms with E-state index in [0.29, 0.717) is 23.3 Å². The lowest BCUT2D eigenvalue weighted by molar-refractivity contribution is -0.157. The molecule has 3 aromatic rings. The van der Waals surface area contributed by atoms with Crippen LogP contribution < -0.4 is 22.9 Å². The number of benzene rings is 2. The quantitative estimate of drug-likeness (QED) is 0.0872. The average molecular weight is 657 g/mol. The first-order valence-corrected chi connectivity index (χ1v) is 15.2. The predicted octanol–water partition coefficient (Wildman–Crippen LogP) is 2.64. The molecule has 4 atom stereocenters. The zero-order valence-corrected chi connectivity index (χ0v) is 26.8. The predicted molar refractivity (Wildman–Crippen MR) is 178 cm³/mol. The molecule has 3 rings (SSSR count). The van der Waals surface area contributed by atoms with E-state index in [2.05, 4.69) is 11.9 Å². The first-order valence-electron chi connectivity index (χ1n) is 15.2. The van der Waals surface area contributed by atoms with Gasteiger partial charge in [-0.25, -0.2) is 0 Å². The smallest absolute Gasteiger partial charge is 0.305 e. The van der Waals surface area contributed by atoms with Gasteiger partial charge >= 0.3 is 5.97 Å². The Labute approximate surface area is 274 Å². The van der Waals surface area contributed by atoms with Gasteiger partial charge in [0.05, 0.1) is 18.5 Å². The summed E-state index contributed by atoms with van der Waals surface area (Å²) >= 11 is 0. The Morgan fingerprint density at radius 2 is 1.50 bits per heavy atom. The SMILES string of the molecule is CCCCCC(N)(CCCC(=O)[C@@H](C(N)=O)N(C(=O)[C@@H](N)CC(=O)O)C(=O)[C@@H](N)Cc1c[nH]c2ccccc12)c1ccccc1.Cl. The van der Waals surface area contributed by atoms with Gasteiger partial charge in [0.25, 0.3) is 0 Å². The van der Waals surface area contributed by atoms with Gasteiger partial charge in [0.2, 0.25) is 17.7 Å². The van der Waals surface area contributed by atoms with Gasteiger partial charge in [-0.15, -0.1) is 12.4 Å². The van der Waals surface area contributed by atoms with Gasteiger partial charge in [0, 0.05) is 29.1 Å². The minimum absolute atomic E-state index is 0. The number of aromatic amines is 1. The maximum absolute atomic E-state index is 13.7. The number of nitrogens with zero attached hydrogens (tertiary/aromatic N) is 1. The number of primary amides is 1. The van der Waals surface area contributed by atoms with E-state index < -0.39 is 59.6 Å². The lowest BCUT2D eigenvalue weighted by Crippen LogP contribution is -2.62. The number of unbranched alkanes of at least 4 members (excludes halogenated alkanes) is 2. The molecule has 13 heteroatoms. The van der Waals surface area contributed by atoms with Crippen molar-refractivity contribution >= 4 is 52.8 Å². The van der Waals surface area contributed by atoms with Gasteiger partial charge in [0.15, 0.2) is 11.8 Å². The zero-order valence-electron chi connectivity index (χ0n) is 26.0. The number of carboxylic acid groups (broad SMARTS) is 1. The number of hydrogen-bond acceptors (Lipinski definition) is 8. The first-order chi connectivity index (χ1) is 21.4. The van der Waals surface area contributed by atoms with E-state index in [1.54, 1.807) is 6.20 Å². The van der Waals surface area contributed by atoms with Crippen molar-refractivity contribution in [3.63, 3.8) is 0 Å².